The summed E-state index contributed by atoms with van der Waals surface area (Å²) in [6.45, 7) is 5.92. The first-order chi connectivity index (χ1) is 8.88. The molecule has 0 saturated carbocycles. The summed E-state index contributed by atoms with van der Waals surface area (Å²) >= 11 is 0. The van der Waals surface area contributed by atoms with Gasteiger partial charge in [0.25, 0.3) is 0 Å². The summed E-state index contributed by atoms with van der Waals surface area (Å²) in [5, 5.41) is 0. The lowest BCUT2D eigenvalue weighted by molar-refractivity contribution is 0.522. The summed E-state index contributed by atoms with van der Waals surface area (Å²) < 4.78 is 27.6. The highest BCUT2D eigenvalue weighted by Gasteiger charge is 2.18. The third-order valence-corrected chi connectivity index (χ3v) is 3.19. The second kappa shape index (κ2) is 5.12. The van der Waals surface area contributed by atoms with E-state index in [2.05, 4.69) is 0 Å². The quantitative estimate of drug-likeness (QED) is 0.724. The van der Waals surface area contributed by atoms with Gasteiger partial charge in [-0.2, -0.15) is 0 Å². The molecular formula is C17H18F2. The van der Waals surface area contributed by atoms with Gasteiger partial charge >= 0.3 is 0 Å². The predicted molar refractivity (Wildman–Crippen MR) is 74.3 cm³/mol. The molecule has 19 heavy (non-hydrogen) atoms. The minimum Gasteiger partial charge on any atom is -0.207 e. The Morgan fingerprint density at radius 2 is 1.58 bits per heavy atom. The van der Waals surface area contributed by atoms with Gasteiger partial charge in [0.2, 0.25) is 0 Å². The standard InChI is InChI=1S/C17H18F2/c1-17(2,3)14-9-8-12(11-16(14)19)10-13-6-4-5-7-15(13)18/h4-9,11H,10H2,1-3H3. The van der Waals surface area contributed by atoms with Gasteiger partial charge in [0.1, 0.15) is 11.6 Å². The van der Waals surface area contributed by atoms with Crippen LogP contribution in [0, 0.1) is 11.6 Å². The van der Waals surface area contributed by atoms with Gasteiger partial charge in [-0.1, -0.05) is 51.1 Å². The van der Waals surface area contributed by atoms with Crippen LogP contribution in [0.3, 0.4) is 0 Å². The van der Waals surface area contributed by atoms with Crippen molar-refractivity contribution < 1.29 is 8.78 Å². The summed E-state index contributed by atoms with van der Waals surface area (Å²) in [6.07, 6.45) is 0.411. The Kier molecular flexibility index (Phi) is 3.70. The first-order valence-electron chi connectivity index (χ1n) is 6.40. The summed E-state index contributed by atoms with van der Waals surface area (Å²) in [4.78, 5) is 0. The highest BCUT2D eigenvalue weighted by Crippen LogP contribution is 2.26. The molecule has 2 rings (SSSR count). The molecule has 0 atom stereocenters. The van der Waals surface area contributed by atoms with Crippen LogP contribution in [0.15, 0.2) is 42.5 Å². The van der Waals surface area contributed by atoms with Gasteiger partial charge in [0.15, 0.2) is 0 Å². The maximum Gasteiger partial charge on any atom is 0.127 e. The van der Waals surface area contributed by atoms with Gasteiger partial charge in [-0.25, -0.2) is 8.78 Å². The van der Waals surface area contributed by atoms with Crippen molar-refractivity contribution in [1.82, 2.24) is 0 Å². The summed E-state index contributed by atoms with van der Waals surface area (Å²) in [5.41, 5.74) is 1.84. The van der Waals surface area contributed by atoms with Crippen molar-refractivity contribution >= 4 is 0 Å². The molecule has 2 heteroatoms. The third kappa shape index (κ3) is 3.19. The van der Waals surface area contributed by atoms with Crippen molar-refractivity contribution in [3.8, 4) is 0 Å². The zero-order valence-corrected chi connectivity index (χ0v) is 11.5. The maximum atomic E-state index is 14.1. The number of halogens is 2. The van der Waals surface area contributed by atoms with Crippen LogP contribution in [0.5, 0.6) is 0 Å². The lowest BCUT2D eigenvalue weighted by Crippen LogP contribution is -2.13. The summed E-state index contributed by atoms with van der Waals surface area (Å²) in [7, 11) is 0. The molecule has 100 valence electrons. The van der Waals surface area contributed by atoms with Crippen molar-refractivity contribution in [3.05, 3.63) is 70.8 Å². The minimum atomic E-state index is -0.247. The summed E-state index contributed by atoms with van der Waals surface area (Å²) in [6, 6.07) is 11.8. The third-order valence-electron chi connectivity index (χ3n) is 3.19. The average molecular weight is 260 g/mol. The molecule has 0 aromatic heterocycles. The molecule has 0 aliphatic heterocycles. The zero-order valence-electron chi connectivity index (χ0n) is 11.5. The van der Waals surface area contributed by atoms with Crippen LogP contribution >= 0.6 is 0 Å². The van der Waals surface area contributed by atoms with E-state index in [0.717, 1.165) is 5.56 Å². The normalized spacial score (nSPS) is 11.6. The van der Waals surface area contributed by atoms with E-state index in [1.807, 2.05) is 26.8 Å². The van der Waals surface area contributed by atoms with Crippen LogP contribution in [0.4, 0.5) is 8.78 Å². The monoisotopic (exact) mass is 260 g/mol. The van der Waals surface area contributed by atoms with Gasteiger partial charge in [0.05, 0.1) is 0 Å². The van der Waals surface area contributed by atoms with Crippen LogP contribution < -0.4 is 0 Å². The highest BCUT2D eigenvalue weighted by molar-refractivity contribution is 5.33. The van der Waals surface area contributed by atoms with Crippen LogP contribution in [0.25, 0.3) is 0 Å². The molecule has 0 unspecified atom stereocenters. The Labute approximate surface area is 113 Å². The van der Waals surface area contributed by atoms with Crippen LogP contribution in [-0.2, 0) is 11.8 Å². The zero-order chi connectivity index (χ0) is 14.0. The summed E-state index contributed by atoms with van der Waals surface area (Å²) in [5.74, 6) is -0.468. The Hall–Kier alpha value is -1.70. The van der Waals surface area contributed by atoms with Crippen molar-refractivity contribution in [2.24, 2.45) is 0 Å². The fourth-order valence-electron chi connectivity index (χ4n) is 2.14. The molecule has 0 radical (unpaired) electrons. The topological polar surface area (TPSA) is 0 Å². The lowest BCUT2D eigenvalue weighted by atomic mass is 9.86. The van der Waals surface area contributed by atoms with E-state index in [0.29, 0.717) is 17.5 Å². The lowest BCUT2D eigenvalue weighted by Gasteiger charge is -2.20. The number of hydrogen-bond donors (Lipinski definition) is 0. The second-order valence-electron chi connectivity index (χ2n) is 5.83. The molecule has 0 N–H and O–H groups in total. The van der Waals surface area contributed by atoms with Gasteiger partial charge in [0, 0.05) is 6.42 Å². The Morgan fingerprint density at radius 1 is 0.895 bits per heavy atom. The van der Waals surface area contributed by atoms with Crippen molar-refractivity contribution in [2.75, 3.05) is 0 Å². The van der Waals surface area contributed by atoms with Gasteiger partial charge in [-0.15, -0.1) is 0 Å². The molecule has 0 bridgehead atoms. The van der Waals surface area contributed by atoms with Crippen molar-refractivity contribution in [3.63, 3.8) is 0 Å². The molecule has 0 aliphatic rings. The van der Waals surface area contributed by atoms with E-state index >= 15 is 0 Å². The Morgan fingerprint density at radius 3 is 2.16 bits per heavy atom. The van der Waals surface area contributed by atoms with Crippen LogP contribution in [-0.4, -0.2) is 0 Å². The van der Waals surface area contributed by atoms with Gasteiger partial charge < -0.3 is 0 Å². The molecule has 0 heterocycles. The van der Waals surface area contributed by atoms with E-state index < -0.39 is 0 Å². The van der Waals surface area contributed by atoms with E-state index in [4.69, 9.17) is 0 Å². The highest BCUT2D eigenvalue weighted by atomic mass is 19.1. The van der Waals surface area contributed by atoms with E-state index in [1.165, 1.54) is 12.1 Å². The molecule has 0 nitrogen and oxygen atoms in total. The van der Waals surface area contributed by atoms with Crippen LogP contribution in [0.1, 0.15) is 37.5 Å². The molecule has 0 amide bonds. The number of rotatable bonds is 2. The van der Waals surface area contributed by atoms with Crippen molar-refractivity contribution in [2.45, 2.75) is 32.6 Å². The molecule has 2 aromatic carbocycles. The Balaban J connectivity index is 2.29. The first kappa shape index (κ1) is 13.7. The molecular weight excluding hydrogens is 242 g/mol. The van der Waals surface area contributed by atoms with Crippen molar-refractivity contribution in [1.29, 1.82) is 0 Å². The largest absolute Gasteiger partial charge is 0.207 e. The second-order valence-corrected chi connectivity index (χ2v) is 5.83. The average Bonchev–Trinajstić information content (AvgIpc) is 2.30. The fraction of sp³-hybridized carbons (Fsp3) is 0.294. The number of benzene rings is 2. The molecule has 0 aliphatic carbocycles. The SMILES string of the molecule is CC(C)(C)c1ccc(Cc2ccccc2F)cc1F. The first-order valence-corrected chi connectivity index (χ1v) is 6.40. The molecule has 0 saturated heterocycles. The van der Waals surface area contributed by atoms with Gasteiger partial charge in [-0.3, -0.25) is 0 Å². The molecule has 0 fully saturated rings. The van der Waals surface area contributed by atoms with E-state index in [-0.39, 0.29) is 17.0 Å². The van der Waals surface area contributed by atoms with Gasteiger partial charge in [-0.05, 0) is 34.2 Å². The Bertz CT molecular complexity index is 580. The predicted octanol–water partition coefficient (Wildman–Crippen LogP) is 4.85. The van der Waals surface area contributed by atoms with E-state index in [1.54, 1.807) is 24.3 Å². The van der Waals surface area contributed by atoms with E-state index in [9.17, 15) is 8.78 Å². The minimum absolute atomic E-state index is 0.221. The maximum absolute atomic E-state index is 14.1. The van der Waals surface area contributed by atoms with Crippen LogP contribution in [0.2, 0.25) is 0 Å². The smallest absolute Gasteiger partial charge is 0.127 e. The number of hydrogen-bond acceptors (Lipinski definition) is 0. The molecule has 2 aromatic rings. The molecule has 0 spiro atoms. The fourth-order valence-corrected chi connectivity index (χ4v) is 2.14.